The van der Waals surface area contributed by atoms with Crippen LogP contribution in [-0.4, -0.2) is 22.8 Å². The van der Waals surface area contributed by atoms with Crippen molar-refractivity contribution >= 4 is 11.9 Å². The second-order valence-corrected chi connectivity index (χ2v) is 9.05. The monoisotopic (exact) mass is 447 g/mol. The van der Waals surface area contributed by atoms with Crippen molar-refractivity contribution in [1.82, 2.24) is 9.21 Å². The van der Waals surface area contributed by atoms with Gasteiger partial charge in [-0.1, -0.05) is 36.4 Å². The van der Waals surface area contributed by atoms with E-state index in [0.717, 1.165) is 23.5 Å². The van der Waals surface area contributed by atoms with E-state index >= 15 is 0 Å². The van der Waals surface area contributed by atoms with Gasteiger partial charge in [0.15, 0.2) is 0 Å². The molecular formula is C25H25N3O3S. The summed E-state index contributed by atoms with van der Waals surface area (Å²) in [5.41, 5.74) is 3.45. The highest BCUT2D eigenvalue weighted by molar-refractivity contribution is 7.97. The molecule has 0 aliphatic carbocycles. The lowest BCUT2D eigenvalue weighted by molar-refractivity contribution is 0.241. The average Bonchev–Trinajstić information content (AvgIpc) is 3.20. The summed E-state index contributed by atoms with van der Waals surface area (Å²) in [5, 5.41) is 8.67. The van der Waals surface area contributed by atoms with E-state index in [1.165, 1.54) is 23.5 Å². The zero-order chi connectivity index (χ0) is 22.3. The highest BCUT2D eigenvalue weighted by Gasteiger charge is 2.19. The van der Waals surface area contributed by atoms with Gasteiger partial charge in [-0.05, 0) is 47.8 Å². The SMILES string of the molecule is CN(CCC#N)Sc1ccc(COc2coc(CN3Cc4ccccc4C3)cc2=O)cc1. The van der Waals surface area contributed by atoms with Crippen molar-refractivity contribution < 1.29 is 9.15 Å². The molecule has 164 valence electrons. The number of ether oxygens (including phenoxy) is 1. The van der Waals surface area contributed by atoms with Gasteiger partial charge in [-0.25, -0.2) is 4.31 Å². The first kappa shape index (κ1) is 22.2. The molecule has 0 saturated carbocycles. The van der Waals surface area contributed by atoms with E-state index in [1.807, 2.05) is 35.6 Å². The molecule has 0 unspecified atom stereocenters. The Morgan fingerprint density at radius 2 is 1.88 bits per heavy atom. The molecule has 32 heavy (non-hydrogen) atoms. The molecule has 0 fully saturated rings. The van der Waals surface area contributed by atoms with Crippen LogP contribution in [0.2, 0.25) is 0 Å². The van der Waals surface area contributed by atoms with E-state index in [9.17, 15) is 4.79 Å². The van der Waals surface area contributed by atoms with Gasteiger partial charge in [0.1, 0.15) is 18.6 Å². The van der Waals surface area contributed by atoms with Gasteiger partial charge in [0, 0.05) is 37.0 Å². The van der Waals surface area contributed by atoms with Gasteiger partial charge in [0.2, 0.25) is 11.2 Å². The van der Waals surface area contributed by atoms with E-state index < -0.39 is 0 Å². The van der Waals surface area contributed by atoms with Crippen LogP contribution in [0.5, 0.6) is 5.75 Å². The Hall–Kier alpha value is -3.05. The maximum atomic E-state index is 12.5. The van der Waals surface area contributed by atoms with Crippen LogP contribution in [0.25, 0.3) is 0 Å². The molecule has 1 aliphatic rings. The summed E-state index contributed by atoms with van der Waals surface area (Å²) in [6, 6.07) is 20.0. The Kier molecular flexibility index (Phi) is 7.28. The molecule has 6 nitrogen and oxygen atoms in total. The first-order chi connectivity index (χ1) is 15.6. The van der Waals surface area contributed by atoms with Crippen LogP contribution in [0.15, 0.2) is 75.0 Å². The van der Waals surface area contributed by atoms with Crippen molar-refractivity contribution in [2.45, 2.75) is 37.6 Å². The maximum Gasteiger partial charge on any atom is 0.227 e. The number of nitriles is 1. The van der Waals surface area contributed by atoms with E-state index in [-0.39, 0.29) is 11.2 Å². The average molecular weight is 448 g/mol. The Morgan fingerprint density at radius 3 is 2.53 bits per heavy atom. The fourth-order valence-corrected chi connectivity index (χ4v) is 4.40. The molecule has 1 aromatic heterocycles. The van der Waals surface area contributed by atoms with Crippen LogP contribution in [0, 0.1) is 11.3 Å². The summed E-state index contributed by atoms with van der Waals surface area (Å²) in [7, 11) is 1.96. The van der Waals surface area contributed by atoms with Crippen LogP contribution >= 0.6 is 11.9 Å². The molecule has 0 N–H and O–H groups in total. The third kappa shape index (κ3) is 5.80. The second-order valence-electron chi connectivity index (χ2n) is 7.77. The lowest BCUT2D eigenvalue weighted by Gasteiger charge is -2.14. The Bertz CT molecular complexity index is 1130. The predicted octanol–water partition coefficient (Wildman–Crippen LogP) is 4.59. The van der Waals surface area contributed by atoms with Gasteiger partial charge in [-0.15, -0.1) is 0 Å². The zero-order valence-electron chi connectivity index (χ0n) is 18.0. The molecule has 2 aromatic carbocycles. The second kappa shape index (κ2) is 10.5. The van der Waals surface area contributed by atoms with E-state index in [0.29, 0.717) is 31.9 Å². The summed E-state index contributed by atoms with van der Waals surface area (Å²) >= 11 is 1.59. The summed E-state index contributed by atoms with van der Waals surface area (Å²) < 4.78 is 13.4. The molecule has 0 saturated heterocycles. The summed E-state index contributed by atoms with van der Waals surface area (Å²) in [5.74, 6) is 0.852. The maximum absolute atomic E-state index is 12.5. The van der Waals surface area contributed by atoms with E-state index in [2.05, 4.69) is 35.2 Å². The Labute approximate surface area is 192 Å². The smallest absolute Gasteiger partial charge is 0.227 e. The Morgan fingerprint density at radius 1 is 1.16 bits per heavy atom. The molecule has 0 amide bonds. The number of hydrogen-bond donors (Lipinski definition) is 0. The molecule has 0 bridgehead atoms. The third-order valence-electron chi connectivity index (χ3n) is 5.26. The number of rotatable bonds is 9. The Balaban J connectivity index is 1.29. The van der Waals surface area contributed by atoms with Crippen molar-refractivity contribution in [3.8, 4) is 11.8 Å². The number of fused-ring (bicyclic) bond motifs is 1. The number of hydrogen-bond acceptors (Lipinski definition) is 7. The van der Waals surface area contributed by atoms with Crippen LogP contribution in [0.1, 0.15) is 28.9 Å². The molecule has 0 radical (unpaired) electrons. The van der Waals surface area contributed by atoms with E-state index in [4.69, 9.17) is 14.4 Å². The third-order valence-corrected chi connectivity index (χ3v) is 6.23. The van der Waals surface area contributed by atoms with Crippen LogP contribution in [-0.2, 0) is 26.2 Å². The van der Waals surface area contributed by atoms with Crippen LogP contribution in [0.3, 0.4) is 0 Å². The molecule has 7 heteroatoms. The van der Waals surface area contributed by atoms with Gasteiger partial charge >= 0.3 is 0 Å². The number of nitrogens with zero attached hydrogens (tertiary/aromatic N) is 3. The van der Waals surface area contributed by atoms with Gasteiger partial charge in [0.05, 0.1) is 12.6 Å². The first-order valence-electron chi connectivity index (χ1n) is 10.5. The molecule has 3 aromatic rings. The van der Waals surface area contributed by atoms with Crippen molar-refractivity contribution in [3.63, 3.8) is 0 Å². The quantitative estimate of drug-likeness (QED) is 0.445. The van der Waals surface area contributed by atoms with Gasteiger partial charge in [0.25, 0.3) is 0 Å². The van der Waals surface area contributed by atoms with Crippen molar-refractivity contribution in [3.05, 3.63) is 93.5 Å². The topological polar surface area (TPSA) is 69.7 Å². The standard InChI is InChI=1S/C25H25N3O3S/c1-27(12-4-11-26)32-23-9-7-19(8-10-23)17-31-25-18-30-22(13-24(25)29)16-28-14-20-5-2-3-6-21(20)15-28/h2-3,5-10,13,18H,4,12,14-17H2,1H3. The molecular weight excluding hydrogens is 422 g/mol. The minimum atomic E-state index is -0.172. The minimum absolute atomic E-state index is 0.172. The normalized spacial score (nSPS) is 13.2. The highest BCUT2D eigenvalue weighted by Crippen LogP contribution is 2.24. The molecule has 4 rings (SSSR count). The number of benzene rings is 2. The van der Waals surface area contributed by atoms with Crippen molar-refractivity contribution in [1.29, 1.82) is 5.26 Å². The molecule has 0 atom stereocenters. The van der Waals surface area contributed by atoms with Gasteiger partial charge in [-0.2, -0.15) is 5.26 Å². The first-order valence-corrected chi connectivity index (χ1v) is 11.3. The predicted molar refractivity (Wildman–Crippen MR) is 124 cm³/mol. The summed E-state index contributed by atoms with van der Waals surface area (Å²) in [6.07, 6.45) is 1.91. The molecule has 2 heterocycles. The summed E-state index contributed by atoms with van der Waals surface area (Å²) in [4.78, 5) is 15.8. The summed E-state index contributed by atoms with van der Waals surface area (Å²) in [6.45, 7) is 3.32. The lowest BCUT2D eigenvalue weighted by Crippen LogP contribution is -2.17. The zero-order valence-corrected chi connectivity index (χ0v) is 18.8. The van der Waals surface area contributed by atoms with Crippen LogP contribution < -0.4 is 10.2 Å². The highest BCUT2D eigenvalue weighted by atomic mass is 32.2. The fourth-order valence-electron chi connectivity index (χ4n) is 3.60. The fraction of sp³-hybridized carbons (Fsp3) is 0.280. The molecule has 0 spiro atoms. The minimum Gasteiger partial charge on any atom is -0.482 e. The lowest BCUT2D eigenvalue weighted by atomic mass is 10.1. The van der Waals surface area contributed by atoms with Gasteiger partial charge in [-0.3, -0.25) is 9.69 Å². The van der Waals surface area contributed by atoms with Crippen molar-refractivity contribution in [2.75, 3.05) is 13.6 Å². The van der Waals surface area contributed by atoms with Crippen LogP contribution in [0.4, 0.5) is 0 Å². The van der Waals surface area contributed by atoms with Gasteiger partial charge < -0.3 is 9.15 Å². The van der Waals surface area contributed by atoms with E-state index in [1.54, 1.807) is 11.9 Å². The van der Waals surface area contributed by atoms with Crippen molar-refractivity contribution in [2.24, 2.45) is 0 Å². The largest absolute Gasteiger partial charge is 0.482 e. The molecule has 1 aliphatic heterocycles.